The Morgan fingerprint density at radius 2 is 2.10 bits per heavy atom. The van der Waals surface area contributed by atoms with E-state index in [1.165, 1.54) is 43.5 Å². The highest BCUT2D eigenvalue weighted by molar-refractivity contribution is 7.16. The summed E-state index contributed by atoms with van der Waals surface area (Å²) in [4.78, 5) is 4.10. The normalized spacial score (nSPS) is 30.1. The van der Waals surface area contributed by atoms with Gasteiger partial charge >= 0.3 is 0 Å². The van der Waals surface area contributed by atoms with E-state index in [1.807, 2.05) is 6.07 Å². The molecule has 1 aromatic rings. The van der Waals surface area contributed by atoms with Gasteiger partial charge in [-0.15, -0.1) is 11.3 Å². The van der Waals surface area contributed by atoms with Gasteiger partial charge in [0.05, 0.1) is 4.34 Å². The molecule has 2 aliphatic rings. The van der Waals surface area contributed by atoms with Crippen LogP contribution in [0.5, 0.6) is 0 Å². The van der Waals surface area contributed by atoms with Gasteiger partial charge in [0.2, 0.25) is 0 Å². The van der Waals surface area contributed by atoms with Gasteiger partial charge in [-0.25, -0.2) is 0 Å². The Labute approximate surface area is 131 Å². The summed E-state index contributed by atoms with van der Waals surface area (Å²) in [5.74, 6) is 0. The van der Waals surface area contributed by atoms with Gasteiger partial charge in [0.25, 0.3) is 0 Å². The van der Waals surface area contributed by atoms with E-state index in [1.54, 1.807) is 11.3 Å². The molecule has 20 heavy (non-hydrogen) atoms. The second-order valence-corrected chi connectivity index (χ2v) is 8.55. The maximum Gasteiger partial charge on any atom is 0.0931 e. The standard InChI is InChI=1S/C16H25ClN2S/c1-3-15(2)11-18-16(8-4-5-9-16)12-19(15)10-13-6-7-14(17)20-13/h6-7,18H,3-5,8-12H2,1-2H3. The van der Waals surface area contributed by atoms with Crippen molar-refractivity contribution in [3.8, 4) is 0 Å². The van der Waals surface area contributed by atoms with E-state index in [0.29, 0.717) is 5.54 Å². The largest absolute Gasteiger partial charge is 0.308 e. The molecule has 4 heteroatoms. The highest BCUT2D eigenvalue weighted by atomic mass is 35.5. The minimum absolute atomic E-state index is 0.268. The summed E-state index contributed by atoms with van der Waals surface area (Å²) in [6.07, 6.45) is 6.64. The zero-order valence-electron chi connectivity index (χ0n) is 12.5. The van der Waals surface area contributed by atoms with Crippen LogP contribution in [0.15, 0.2) is 12.1 Å². The molecule has 0 amide bonds. The van der Waals surface area contributed by atoms with Crippen LogP contribution >= 0.6 is 22.9 Å². The van der Waals surface area contributed by atoms with Crippen molar-refractivity contribution in [2.24, 2.45) is 0 Å². The third-order valence-corrected chi connectivity index (χ3v) is 6.61. The lowest BCUT2D eigenvalue weighted by Gasteiger charge is -2.52. The fourth-order valence-corrected chi connectivity index (χ4v) is 4.81. The van der Waals surface area contributed by atoms with Crippen molar-refractivity contribution in [1.82, 2.24) is 10.2 Å². The lowest BCUT2D eigenvalue weighted by atomic mass is 9.85. The molecule has 0 aromatic carbocycles. The molecule has 1 N–H and O–H groups in total. The van der Waals surface area contributed by atoms with Gasteiger partial charge < -0.3 is 5.32 Å². The van der Waals surface area contributed by atoms with E-state index >= 15 is 0 Å². The average Bonchev–Trinajstić information content (AvgIpc) is 3.05. The maximum atomic E-state index is 6.09. The molecule has 1 saturated carbocycles. The highest BCUT2D eigenvalue weighted by Gasteiger charge is 2.45. The first-order valence-corrected chi connectivity index (χ1v) is 8.99. The summed E-state index contributed by atoms with van der Waals surface area (Å²) in [6, 6.07) is 4.21. The first-order chi connectivity index (χ1) is 9.55. The zero-order chi connectivity index (χ0) is 14.2. The summed E-state index contributed by atoms with van der Waals surface area (Å²) in [6.45, 7) is 8.06. The zero-order valence-corrected chi connectivity index (χ0v) is 14.1. The predicted molar refractivity (Wildman–Crippen MR) is 87.6 cm³/mol. The van der Waals surface area contributed by atoms with Gasteiger partial charge in [-0.05, 0) is 38.3 Å². The van der Waals surface area contributed by atoms with E-state index < -0.39 is 0 Å². The Hall–Kier alpha value is -0.0900. The predicted octanol–water partition coefficient (Wildman–Crippen LogP) is 4.29. The molecule has 0 radical (unpaired) electrons. The van der Waals surface area contributed by atoms with Crippen LogP contribution in [0.4, 0.5) is 0 Å². The quantitative estimate of drug-likeness (QED) is 0.895. The molecule has 1 atom stereocenters. The number of piperazine rings is 1. The Morgan fingerprint density at radius 1 is 1.35 bits per heavy atom. The summed E-state index contributed by atoms with van der Waals surface area (Å²) in [5, 5.41) is 3.89. The fraction of sp³-hybridized carbons (Fsp3) is 0.750. The van der Waals surface area contributed by atoms with Gasteiger partial charge in [-0.1, -0.05) is 31.4 Å². The van der Waals surface area contributed by atoms with Crippen molar-refractivity contribution in [2.75, 3.05) is 13.1 Å². The van der Waals surface area contributed by atoms with Crippen LogP contribution in [0, 0.1) is 0 Å². The minimum atomic E-state index is 0.268. The van der Waals surface area contributed by atoms with Crippen LogP contribution in [-0.2, 0) is 6.54 Å². The molecule has 1 unspecified atom stereocenters. The Balaban J connectivity index is 1.78. The molecule has 2 heterocycles. The molecule has 1 aliphatic heterocycles. The summed E-state index contributed by atoms with van der Waals surface area (Å²) >= 11 is 7.82. The van der Waals surface area contributed by atoms with Crippen molar-refractivity contribution >= 4 is 22.9 Å². The molecular formula is C16H25ClN2S. The van der Waals surface area contributed by atoms with E-state index in [9.17, 15) is 0 Å². The topological polar surface area (TPSA) is 15.3 Å². The SMILES string of the molecule is CCC1(C)CNC2(CCCC2)CN1Cc1ccc(Cl)s1. The molecule has 0 bridgehead atoms. The number of hydrogen-bond acceptors (Lipinski definition) is 3. The Bertz CT molecular complexity index is 467. The lowest BCUT2D eigenvalue weighted by molar-refractivity contribution is 0.00852. The molecule has 2 nitrogen and oxygen atoms in total. The van der Waals surface area contributed by atoms with Crippen LogP contribution < -0.4 is 5.32 Å². The molecular weight excluding hydrogens is 288 g/mol. The molecule has 1 saturated heterocycles. The van der Waals surface area contributed by atoms with E-state index in [0.717, 1.165) is 17.4 Å². The third-order valence-electron chi connectivity index (χ3n) is 5.40. The summed E-state index contributed by atoms with van der Waals surface area (Å²) < 4.78 is 0.906. The van der Waals surface area contributed by atoms with Gasteiger partial charge in [0.15, 0.2) is 0 Å². The van der Waals surface area contributed by atoms with Crippen LogP contribution in [0.25, 0.3) is 0 Å². The number of rotatable bonds is 3. The van der Waals surface area contributed by atoms with Crippen molar-refractivity contribution in [3.63, 3.8) is 0 Å². The Kier molecular flexibility index (Phi) is 4.15. The van der Waals surface area contributed by atoms with Crippen molar-refractivity contribution in [1.29, 1.82) is 0 Å². The van der Waals surface area contributed by atoms with E-state index in [2.05, 4.69) is 30.1 Å². The second kappa shape index (κ2) is 5.60. The minimum Gasteiger partial charge on any atom is -0.308 e. The van der Waals surface area contributed by atoms with Crippen LogP contribution in [0.3, 0.4) is 0 Å². The van der Waals surface area contributed by atoms with Crippen molar-refractivity contribution in [2.45, 2.75) is 63.6 Å². The number of nitrogens with zero attached hydrogens (tertiary/aromatic N) is 1. The molecule has 1 aliphatic carbocycles. The first kappa shape index (κ1) is 14.8. The molecule has 112 valence electrons. The summed E-state index contributed by atoms with van der Waals surface area (Å²) in [7, 11) is 0. The number of halogens is 1. The van der Waals surface area contributed by atoms with Gasteiger partial charge in [0.1, 0.15) is 0 Å². The average molecular weight is 313 g/mol. The van der Waals surface area contributed by atoms with Crippen LogP contribution in [-0.4, -0.2) is 29.1 Å². The smallest absolute Gasteiger partial charge is 0.0931 e. The maximum absolute atomic E-state index is 6.09. The number of nitrogens with one attached hydrogen (secondary N) is 1. The number of hydrogen-bond donors (Lipinski definition) is 1. The fourth-order valence-electron chi connectivity index (χ4n) is 3.71. The number of thiophene rings is 1. The second-order valence-electron chi connectivity index (χ2n) is 6.75. The summed E-state index contributed by atoms with van der Waals surface area (Å²) in [5.41, 5.74) is 0.653. The van der Waals surface area contributed by atoms with Gasteiger partial charge in [0, 0.05) is 35.6 Å². The van der Waals surface area contributed by atoms with Gasteiger partial charge in [-0.2, -0.15) is 0 Å². The third kappa shape index (κ3) is 2.78. The van der Waals surface area contributed by atoms with Crippen molar-refractivity contribution in [3.05, 3.63) is 21.3 Å². The first-order valence-electron chi connectivity index (χ1n) is 7.80. The lowest BCUT2D eigenvalue weighted by Crippen LogP contribution is -2.67. The highest BCUT2D eigenvalue weighted by Crippen LogP contribution is 2.38. The molecule has 3 rings (SSSR count). The monoisotopic (exact) mass is 312 g/mol. The van der Waals surface area contributed by atoms with E-state index in [-0.39, 0.29) is 5.54 Å². The molecule has 1 spiro atoms. The van der Waals surface area contributed by atoms with Gasteiger partial charge in [-0.3, -0.25) is 4.90 Å². The molecule has 2 fully saturated rings. The Morgan fingerprint density at radius 3 is 2.70 bits per heavy atom. The van der Waals surface area contributed by atoms with Crippen LogP contribution in [0.2, 0.25) is 4.34 Å². The van der Waals surface area contributed by atoms with E-state index in [4.69, 9.17) is 11.6 Å². The van der Waals surface area contributed by atoms with Crippen molar-refractivity contribution < 1.29 is 0 Å². The van der Waals surface area contributed by atoms with Crippen LogP contribution in [0.1, 0.15) is 50.8 Å². The molecule has 1 aromatic heterocycles.